The van der Waals surface area contributed by atoms with E-state index in [0.717, 1.165) is 0 Å². The van der Waals surface area contributed by atoms with Crippen molar-refractivity contribution in [2.75, 3.05) is 27.6 Å². The average molecular weight is 564 g/mol. The molecule has 0 bridgehead atoms. The highest BCUT2D eigenvalue weighted by molar-refractivity contribution is 9.10. The lowest BCUT2D eigenvalue weighted by Crippen LogP contribution is -2.48. The van der Waals surface area contributed by atoms with E-state index in [1.54, 1.807) is 30.3 Å². The number of ether oxygens (including phenoxy) is 5. The van der Waals surface area contributed by atoms with Crippen LogP contribution in [0, 0.1) is 5.92 Å². The van der Waals surface area contributed by atoms with E-state index in [1.807, 2.05) is 13.8 Å². The molecule has 3 rings (SSSR count). The normalized spacial score (nSPS) is 12.8. The summed E-state index contributed by atoms with van der Waals surface area (Å²) >= 11 is 3.37. The summed E-state index contributed by atoms with van der Waals surface area (Å²) in [4.78, 5) is 36.9. The number of amides is 2. The van der Waals surface area contributed by atoms with Crippen molar-refractivity contribution < 1.29 is 38.1 Å². The molecule has 1 aliphatic rings. The SMILES string of the molecule is COC(=O)COc1c(Br)cc(/C=N/NC(=O)C(NC(=O)c2ccc3c(c2)OCO3)C(C)C)cc1OC. The molecule has 1 unspecified atom stereocenters. The molecule has 1 heterocycles. The fourth-order valence-electron chi connectivity index (χ4n) is 3.18. The quantitative estimate of drug-likeness (QED) is 0.256. The summed E-state index contributed by atoms with van der Waals surface area (Å²) in [6.07, 6.45) is 1.41. The topological polar surface area (TPSA) is 134 Å². The Labute approximate surface area is 216 Å². The van der Waals surface area contributed by atoms with Crippen LogP contribution in [0.2, 0.25) is 0 Å². The van der Waals surface area contributed by atoms with Gasteiger partial charge in [-0.2, -0.15) is 5.10 Å². The standard InChI is InChI=1S/C24H26BrN3O8/c1-13(2)21(27-23(30)15-5-6-17-18(9-15)36-12-35-17)24(31)28-26-10-14-7-16(25)22(19(8-14)32-3)34-11-20(29)33-4/h5-10,13,21H,11-12H2,1-4H3,(H,27,30)(H,28,31)/b26-10+. The second-order valence-electron chi connectivity index (χ2n) is 7.90. The first-order valence-electron chi connectivity index (χ1n) is 10.8. The average Bonchev–Trinajstić information content (AvgIpc) is 3.33. The van der Waals surface area contributed by atoms with Crippen molar-refractivity contribution in [2.24, 2.45) is 11.0 Å². The number of nitrogens with zero attached hydrogens (tertiary/aromatic N) is 1. The largest absolute Gasteiger partial charge is 0.493 e. The zero-order chi connectivity index (χ0) is 26.2. The number of benzene rings is 2. The summed E-state index contributed by atoms with van der Waals surface area (Å²) in [7, 11) is 2.71. The van der Waals surface area contributed by atoms with Crippen LogP contribution in [0.5, 0.6) is 23.0 Å². The summed E-state index contributed by atoms with van der Waals surface area (Å²) in [6, 6.07) is 7.26. The first kappa shape index (κ1) is 26.8. The number of methoxy groups -OCH3 is 2. The number of carbonyl (C=O) groups is 3. The van der Waals surface area contributed by atoms with Crippen LogP contribution in [0.15, 0.2) is 39.9 Å². The van der Waals surface area contributed by atoms with E-state index in [9.17, 15) is 14.4 Å². The monoisotopic (exact) mass is 563 g/mol. The number of fused-ring (bicyclic) bond motifs is 1. The van der Waals surface area contributed by atoms with Crippen molar-refractivity contribution >= 4 is 39.9 Å². The summed E-state index contributed by atoms with van der Waals surface area (Å²) in [5.74, 6) is 0.0294. The minimum absolute atomic E-state index is 0.0983. The van der Waals surface area contributed by atoms with Crippen molar-refractivity contribution in [3.8, 4) is 23.0 Å². The summed E-state index contributed by atoms with van der Waals surface area (Å²) in [5, 5.41) is 6.73. The molecule has 0 fully saturated rings. The van der Waals surface area contributed by atoms with Gasteiger partial charge in [0.15, 0.2) is 29.6 Å². The number of hydrogen-bond acceptors (Lipinski definition) is 9. The minimum atomic E-state index is -0.838. The van der Waals surface area contributed by atoms with Gasteiger partial charge in [-0.05, 0) is 57.7 Å². The predicted octanol–water partition coefficient (Wildman–Crippen LogP) is 2.64. The van der Waals surface area contributed by atoms with Gasteiger partial charge in [0.2, 0.25) is 6.79 Å². The van der Waals surface area contributed by atoms with E-state index in [-0.39, 0.29) is 19.3 Å². The Morgan fingerprint density at radius 3 is 2.58 bits per heavy atom. The van der Waals surface area contributed by atoms with Gasteiger partial charge in [-0.25, -0.2) is 10.2 Å². The lowest BCUT2D eigenvalue weighted by molar-refractivity contribution is -0.143. The van der Waals surface area contributed by atoms with Crippen molar-refractivity contribution in [1.29, 1.82) is 0 Å². The molecule has 0 radical (unpaired) electrons. The van der Waals surface area contributed by atoms with Crippen molar-refractivity contribution in [3.05, 3.63) is 45.9 Å². The number of hydrogen-bond donors (Lipinski definition) is 2. The summed E-state index contributed by atoms with van der Waals surface area (Å²) < 4.78 is 26.4. The maximum Gasteiger partial charge on any atom is 0.343 e. The highest BCUT2D eigenvalue weighted by atomic mass is 79.9. The molecule has 2 aromatic rings. The van der Waals surface area contributed by atoms with Crippen LogP contribution in [0.1, 0.15) is 29.8 Å². The third kappa shape index (κ3) is 6.66. The Hall–Kier alpha value is -3.80. The highest BCUT2D eigenvalue weighted by Crippen LogP contribution is 2.36. The molecule has 0 spiro atoms. The number of nitrogens with one attached hydrogen (secondary N) is 2. The fraction of sp³-hybridized carbons (Fsp3) is 0.333. The Kier molecular flexibility index (Phi) is 9.12. The Morgan fingerprint density at radius 2 is 1.89 bits per heavy atom. The van der Waals surface area contributed by atoms with Gasteiger partial charge in [0, 0.05) is 5.56 Å². The molecule has 11 nitrogen and oxygen atoms in total. The lowest BCUT2D eigenvalue weighted by Gasteiger charge is -2.20. The van der Waals surface area contributed by atoms with Crippen LogP contribution in [0.3, 0.4) is 0 Å². The number of hydrazone groups is 1. The Bertz CT molecular complexity index is 1170. The van der Waals surface area contributed by atoms with Crippen LogP contribution in [-0.4, -0.2) is 57.7 Å². The molecule has 36 heavy (non-hydrogen) atoms. The molecule has 0 aromatic heterocycles. The smallest absolute Gasteiger partial charge is 0.343 e. The van der Waals surface area contributed by atoms with E-state index >= 15 is 0 Å². The van der Waals surface area contributed by atoms with Crippen LogP contribution in [-0.2, 0) is 14.3 Å². The van der Waals surface area contributed by atoms with Gasteiger partial charge >= 0.3 is 5.97 Å². The zero-order valence-corrected chi connectivity index (χ0v) is 21.7. The van der Waals surface area contributed by atoms with Crippen molar-refractivity contribution in [2.45, 2.75) is 19.9 Å². The fourth-order valence-corrected chi connectivity index (χ4v) is 3.76. The van der Waals surface area contributed by atoms with Gasteiger partial charge in [-0.3, -0.25) is 9.59 Å². The van der Waals surface area contributed by atoms with E-state index in [2.05, 4.69) is 36.5 Å². The van der Waals surface area contributed by atoms with Crippen LogP contribution < -0.4 is 29.7 Å². The highest BCUT2D eigenvalue weighted by Gasteiger charge is 2.25. The van der Waals surface area contributed by atoms with E-state index in [4.69, 9.17) is 18.9 Å². The van der Waals surface area contributed by atoms with E-state index < -0.39 is 23.8 Å². The molecule has 0 saturated carbocycles. The molecule has 192 valence electrons. The lowest BCUT2D eigenvalue weighted by atomic mass is 10.0. The van der Waals surface area contributed by atoms with Crippen LogP contribution in [0.25, 0.3) is 0 Å². The molecular formula is C24H26BrN3O8. The third-order valence-electron chi connectivity index (χ3n) is 5.07. The van der Waals surface area contributed by atoms with E-state index in [1.165, 1.54) is 20.4 Å². The van der Waals surface area contributed by atoms with E-state index in [0.29, 0.717) is 38.6 Å². The van der Waals surface area contributed by atoms with Gasteiger partial charge in [-0.15, -0.1) is 0 Å². The molecule has 2 N–H and O–H groups in total. The molecule has 2 aromatic carbocycles. The molecule has 1 aliphatic heterocycles. The summed E-state index contributed by atoms with van der Waals surface area (Å²) in [6.45, 7) is 3.43. The first-order chi connectivity index (χ1) is 17.2. The second-order valence-corrected chi connectivity index (χ2v) is 8.75. The summed E-state index contributed by atoms with van der Waals surface area (Å²) in [5.41, 5.74) is 3.37. The van der Waals surface area contributed by atoms with Crippen LogP contribution in [0.4, 0.5) is 0 Å². The van der Waals surface area contributed by atoms with Gasteiger partial charge < -0.3 is 29.0 Å². The van der Waals surface area contributed by atoms with Crippen molar-refractivity contribution in [3.63, 3.8) is 0 Å². The second kappa shape index (κ2) is 12.2. The maximum absolute atomic E-state index is 12.8. The number of carbonyl (C=O) groups excluding carboxylic acids is 3. The third-order valence-corrected chi connectivity index (χ3v) is 5.66. The number of halogens is 1. The number of esters is 1. The van der Waals surface area contributed by atoms with Gasteiger partial charge in [0.05, 0.1) is 24.9 Å². The zero-order valence-electron chi connectivity index (χ0n) is 20.1. The molecule has 0 saturated heterocycles. The van der Waals surface area contributed by atoms with Gasteiger partial charge in [0.1, 0.15) is 6.04 Å². The Morgan fingerprint density at radius 1 is 1.14 bits per heavy atom. The first-order valence-corrected chi connectivity index (χ1v) is 11.6. The molecule has 1 atom stereocenters. The molecule has 2 amide bonds. The maximum atomic E-state index is 12.8. The van der Waals surface area contributed by atoms with Gasteiger partial charge in [0.25, 0.3) is 11.8 Å². The van der Waals surface area contributed by atoms with Crippen LogP contribution >= 0.6 is 15.9 Å². The molecular weight excluding hydrogens is 538 g/mol. The Balaban J connectivity index is 1.65. The van der Waals surface area contributed by atoms with Gasteiger partial charge in [-0.1, -0.05) is 13.8 Å². The van der Waals surface area contributed by atoms with Crippen molar-refractivity contribution in [1.82, 2.24) is 10.7 Å². The number of rotatable bonds is 10. The molecule has 12 heteroatoms. The molecule has 0 aliphatic carbocycles. The predicted molar refractivity (Wildman–Crippen MR) is 133 cm³/mol. The minimum Gasteiger partial charge on any atom is -0.493 e.